The molecule has 0 fully saturated rings. The summed E-state index contributed by atoms with van der Waals surface area (Å²) in [7, 11) is -3.71. The van der Waals surface area contributed by atoms with E-state index in [2.05, 4.69) is 17.3 Å². The van der Waals surface area contributed by atoms with Gasteiger partial charge in [-0.05, 0) is 55.0 Å². The van der Waals surface area contributed by atoms with Gasteiger partial charge in [-0.2, -0.15) is 5.48 Å². The predicted molar refractivity (Wildman–Crippen MR) is 127 cm³/mol. The second-order valence-corrected chi connectivity index (χ2v) is 11.5. The molecule has 180 valence electrons. The summed E-state index contributed by atoms with van der Waals surface area (Å²) in [6, 6.07) is 14.1. The quantitative estimate of drug-likeness (QED) is 0.323. The van der Waals surface area contributed by atoms with Crippen LogP contribution < -0.4 is 5.48 Å². The van der Waals surface area contributed by atoms with Gasteiger partial charge < -0.3 is 20.3 Å². The normalized spacial score (nSPS) is 20.0. The third kappa shape index (κ3) is 5.62. The molecule has 33 heavy (non-hydrogen) atoms. The molecule has 9 heteroatoms. The van der Waals surface area contributed by atoms with Crippen molar-refractivity contribution in [2.75, 3.05) is 6.26 Å². The number of hydroxylamine groups is 1. The topological polar surface area (TPSA) is 128 Å². The molecule has 2 aromatic rings. The minimum Gasteiger partial charge on any atom is -0.393 e. The van der Waals surface area contributed by atoms with Crippen LogP contribution in [-0.2, 0) is 21.1 Å². The van der Waals surface area contributed by atoms with Gasteiger partial charge in [-0.25, -0.2) is 8.42 Å². The van der Waals surface area contributed by atoms with E-state index in [-0.39, 0.29) is 12.5 Å². The van der Waals surface area contributed by atoms with Gasteiger partial charge in [0.2, 0.25) is 0 Å². The molecule has 1 unspecified atom stereocenters. The molecule has 0 amide bonds. The average molecular weight is 477 g/mol. The molecule has 0 spiro atoms. The van der Waals surface area contributed by atoms with Gasteiger partial charge >= 0.3 is 0 Å². The van der Waals surface area contributed by atoms with Crippen LogP contribution in [0.1, 0.15) is 43.4 Å². The summed E-state index contributed by atoms with van der Waals surface area (Å²) >= 11 is 0. The Morgan fingerprint density at radius 3 is 2.36 bits per heavy atom. The number of aryl methyl sites for hydroxylation is 1. The zero-order valence-electron chi connectivity index (χ0n) is 19.3. The average Bonchev–Trinajstić information content (AvgIpc) is 3.20. The summed E-state index contributed by atoms with van der Waals surface area (Å²) in [5.41, 5.74) is 7.57. The van der Waals surface area contributed by atoms with Crippen LogP contribution in [0.3, 0.4) is 0 Å². The van der Waals surface area contributed by atoms with Crippen LogP contribution in [-0.4, -0.2) is 59.0 Å². The van der Waals surface area contributed by atoms with Gasteiger partial charge in [-0.1, -0.05) is 47.6 Å². The molecular weight excluding hydrogens is 444 g/mol. The van der Waals surface area contributed by atoms with E-state index in [0.29, 0.717) is 18.6 Å². The molecule has 1 aliphatic rings. The van der Waals surface area contributed by atoms with Crippen molar-refractivity contribution in [1.29, 1.82) is 0 Å². The highest BCUT2D eigenvalue weighted by Crippen LogP contribution is 2.32. The zero-order valence-corrected chi connectivity index (χ0v) is 20.1. The van der Waals surface area contributed by atoms with Crippen LogP contribution in [0.15, 0.2) is 47.6 Å². The minimum absolute atomic E-state index is 0.0381. The monoisotopic (exact) mass is 476 g/mol. The molecule has 0 radical (unpaired) electrons. The number of rotatable bonds is 9. The molecule has 3 rings (SSSR count). The first-order chi connectivity index (χ1) is 15.4. The Morgan fingerprint density at radius 1 is 1.18 bits per heavy atom. The van der Waals surface area contributed by atoms with Crippen molar-refractivity contribution in [2.45, 2.75) is 63.2 Å². The number of aliphatic hydroxyl groups is 2. The second kappa shape index (κ2) is 9.90. The van der Waals surface area contributed by atoms with E-state index in [1.54, 1.807) is 12.4 Å². The maximum atomic E-state index is 12.2. The van der Waals surface area contributed by atoms with Gasteiger partial charge in [0.15, 0.2) is 9.84 Å². The molecule has 1 aliphatic heterocycles. The molecular formula is C24H32N2O6S. The number of benzene rings is 2. The lowest BCUT2D eigenvalue weighted by atomic mass is 9.93. The summed E-state index contributed by atoms with van der Waals surface area (Å²) < 4.78 is 22.9. The van der Waals surface area contributed by atoms with Crippen molar-refractivity contribution in [3.8, 4) is 11.1 Å². The fourth-order valence-corrected chi connectivity index (χ4v) is 5.07. The highest BCUT2D eigenvalue weighted by atomic mass is 32.2. The molecule has 0 aliphatic carbocycles. The standard InChI is InChI=1S/C24H32N2O6S/c1-15-11-17(12-16(2)27)5-10-21(15)18-6-8-19(9-7-18)22-13-20(32-26-22)14-24(3,23(28)25-29)33(4,30)31/h5-11,16,20,23,25,27-29H,12-14H2,1-4H3/t16-,20-,23?,24-/m1/s1. The number of hydrogen-bond acceptors (Lipinski definition) is 8. The van der Waals surface area contributed by atoms with Crippen LogP contribution in [0.4, 0.5) is 0 Å². The molecule has 1 heterocycles. The van der Waals surface area contributed by atoms with Gasteiger partial charge in [-0.15, -0.1) is 0 Å². The number of hydrogen-bond donors (Lipinski definition) is 4. The lowest BCUT2D eigenvalue weighted by molar-refractivity contribution is -0.0355. The van der Waals surface area contributed by atoms with Gasteiger partial charge in [-0.3, -0.25) is 0 Å². The number of nitrogens with one attached hydrogen (secondary N) is 1. The number of nitrogens with zero attached hydrogens (tertiary/aromatic N) is 1. The Bertz CT molecular complexity index is 1110. The number of aliphatic hydroxyl groups excluding tert-OH is 2. The maximum Gasteiger partial charge on any atom is 0.156 e. The van der Waals surface area contributed by atoms with E-state index >= 15 is 0 Å². The fraction of sp³-hybridized carbons (Fsp3) is 0.458. The van der Waals surface area contributed by atoms with Crippen molar-refractivity contribution < 1.29 is 28.7 Å². The van der Waals surface area contributed by atoms with Crippen LogP contribution in [0, 0.1) is 6.92 Å². The Labute approximate surface area is 194 Å². The highest BCUT2D eigenvalue weighted by molar-refractivity contribution is 7.92. The molecule has 4 atom stereocenters. The lowest BCUT2D eigenvalue weighted by Gasteiger charge is -2.32. The zero-order chi connectivity index (χ0) is 24.4. The number of oxime groups is 1. The third-order valence-corrected chi connectivity index (χ3v) is 8.35. The van der Waals surface area contributed by atoms with E-state index in [1.165, 1.54) is 6.92 Å². The van der Waals surface area contributed by atoms with E-state index in [9.17, 15) is 18.6 Å². The van der Waals surface area contributed by atoms with E-state index in [4.69, 9.17) is 10.0 Å². The van der Waals surface area contributed by atoms with Crippen molar-refractivity contribution >= 4 is 15.5 Å². The number of sulfone groups is 1. The van der Waals surface area contributed by atoms with Crippen LogP contribution >= 0.6 is 0 Å². The third-order valence-electron chi connectivity index (χ3n) is 6.26. The molecule has 8 nitrogen and oxygen atoms in total. The Morgan fingerprint density at radius 2 is 1.82 bits per heavy atom. The Balaban J connectivity index is 1.71. The summed E-state index contributed by atoms with van der Waals surface area (Å²) in [4.78, 5) is 5.47. The first-order valence-corrected chi connectivity index (χ1v) is 12.7. The van der Waals surface area contributed by atoms with Gasteiger partial charge in [0.25, 0.3) is 0 Å². The van der Waals surface area contributed by atoms with Crippen molar-refractivity contribution in [1.82, 2.24) is 5.48 Å². The van der Waals surface area contributed by atoms with E-state index in [0.717, 1.165) is 34.1 Å². The van der Waals surface area contributed by atoms with E-state index < -0.39 is 26.9 Å². The van der Waals surface area contributed by atoms with Gasteiger partial charge in [0, 0.05) is 19.1 Å². The molecule has 0 aromatic heterocycles. The molecule has 0 bridgehead atoms. The van der Waals surface area contributed by atoms with Crippen LogP contribution in [0.2, 0.25) is 0 Å². The van der Waals surface area contributed by atoms with Crippen molar-refractivity contribution in [3.63, 3.8) is 0 Å². The fourth-order valence-electron chi connectivity index (χ4n) is 4.12. The summed E-state index contributed by atoms with van der Waals surface area (Å²) in [5, 5.41) is 32.8. The van der Waals surface area contributed by atoms with Crippen LogP contribution in [0.5, 0.6) is 0 Å². The summed E-state index contributed by atoms with van der Waals surface area (Å²) in [6.07, 6.45) is -0.613. The second-order valence-electron chi connectivity index (χ2n) is 9.07. The van der Waals surface area contributed by atoms with Crippen molar-refractivity contribution in [2.24, 2.45) is 5.16 Å². The predicted octanol–water partition coefficient (Wildman–Crippen LogP) is 2.57. The van der Waals surface area contributed by atoms with Gasteiger partial charge in [0.1, 0.15) is 17.1 Å². The summed E-state index contributed by atoms with van der Waals surface area (Å²) in [6.45, 7) is 5.18. The summed E-state index contributed by atoms with van der Waals surface area (Å²) in [5.74, 6) is 0. The lowest BCUT2D eigenvalue weighted by Crippen LogP contribution is -2.54. The molecule has 2 aromatic carbocycles. The molecule has 4 N–H and O–H groups in total. The highest BCUT2D eigenvalue weighted by Gasteiger charge is 2.46. The first-order valence-electron chi connectivity index (χ1n) is 10.8. The van der Waals surface area contributed by atoms with Crippen molar-refractivity contribution in [3.05, 3.63) is 59.2 Å². The van der Waals surface area contributed by atoms with Crippen LogP contribution in [0.25, 0.3) is 11.1 Å². The largest absolute Gasteiger partial charge is 0.393 e. The molecule has 0 saturated heterocycles. The SMILES string of the molecule is Cc1cc(C[C@@H](C)O)ccc1-c1ccc(C2=NO[C@@H](C[C@](C)(C(O)NO)S(C)(=O)=O)C2)cc1. The maximum absolute atomic E-state index is 12.2. The van der Waals surface area contributed by atoms with Gasteiger partial charge in [0.05, 0.1) is 11.8 Å². The molecule has 0 saturated carbocycles. The van der Waals surface area contributed by atoms with E-state index in [1.807, 2.05) is 37.3 Å². The Hall–Kier alpha value is -2.30. The minimum atomic E-state index is -3.71. The first kappa shape index (κ1) is 25.3. The Kier molecular flexibility index (Phi) is 7.60. The smallest absolute Gasteiger partial charge is 0.156 e.